The van der Waals surface area contributed by atoms with Gasteiger partial charge in [-0.1, -0.05) is 12.1 Å². The smallest absolute Gasteiger partial charge is 0.405 e. The second-order valence-electron chi connectivity index (χ2n) is 10.2. The number of halogens is 8. The van der Waals surface area contributed by atoms with Crippen LogP contribution in [-0.2, 0) is 6.18 Å². The van der Waals surface area contributed by atoms with Gasteiger partial charge < -0.3 is 4.74 Å². The van der Waals surface area contributed by atoms with Gasteiger partial charge in [-0.25, -0.2) is 15.4 Å². The van der Waals surface area contributed by atoms with Crippen molar-refractivity contribution in [1.82, 2.24) is 0 Å². The summed E-state index contributed by atoms with van der Waals surface area (Å²) >= 11 is 0. The van der Waals surface area contributed by atoms with Crippen LogP contribution in [0.3, 0.4) is 0 Å². The zero-order valence-corrected chi connectivity index (χ0v) is 22.3. The Balaban J connectivity index is 1.84. The van der Waals surface area contributed by atoms with Crippen LogP contribution in [0.2, 0.25) is 0 Å². The van der Waals surface area contributed by atoms with Crippen molar-refractivity contribution in [2.45, 2.75) is 38.3 Å². The predicted molar refractivity (Wildman–Crippen MR) is 142 cm³/mol. The van der Waals surface area contributed by atoms with E-state index in [1.165, 1.54) is 12.1 Å². The summed E-state index contributed by atoms with van der Waals surface area (Å²) in [6.07, 6.45) is -10.3. The molecule has 0 aromatic heterocycles. The van der Waals surface area contributed by atoms with Gasteiger partial charge in [0.05, 0.1) is 5.56 Å². The number of alkyl halides is 6. The fourth-order valence-corrected chi connectivity index (χ4v) is 5.54. The molecule has 2 atom stereocenters. The van der Waals surface area contributed by atoms with E-state index in [0.717, 1.165) is 12.1 Å². The fourth-order valence-electron chi connectivity index (χ4n) is 5.54. The lowest BCUT2D eigenvalue weighted by Crippen LogP contribution is -2.18. The third-order valence-corrected chi connectivity index (χ3v) is 7.21. The van der Waals surface area contributed by atoms with E-state index in [1.807, 2.05) is 6.07 Å². The van der Waals surface area contributed by atoms with Gasteiger partial charge in [0, 0.05) is 5.56 Å². The van der Waals surface area contributed by atoms with Crippen LogP contribution >= 0.6 is 0 Å². The first-order valence-corrected chi connectivity index (χ1v) is 12.6. The van der Waals surface area contributed by atoms with Crippen molar-refractivity contribution in [2.24, 2.45) is 0 Å². The number of hydrogen-bond acceptors (Lipinski definition) is 2. The lowest BCUT2D eigenvalue weighted by molar-refractivity contribution is -0.274. The second-order valence-corrected chi connectivity index (χ2v) is 10.2. The van der Waals surface area contributed by atoms with Crippen LogP contribution in [0.5, 0.6) is 5.75 Å². The first-order valence-electron chi connectivity index (χ1n) is 12.6. The quantitative estimate of drug-likeness (QED) is 0.173. The van der Waals surface area contributed by atoms with Crippen molar-refractivity contribution in [3.05, 3.63) is 112 Å². The predicted octanol–water partition coefficient (Wildman–Crippen LogP) is 9.76. The van der Waals surface area contributed by atoms with E-state index in [0.29, 0.717) is 45.5 Å². The molecule has 0 aliphatic heterocycles. The maximum Gasteiger partial charge on any atom is 0.573 e. The topological polar surface area (TPSA) is 37.4 Å². The Labute approximate surface area is 240 Å². The minimum absolute atomic E-state index is 0.0972. The maximum absolute atomic E-state index is 14.4. The third-order valence-electron chi connectivity index (χ3n) is 7.21. The molecule has 0 saturated heterocycles. The summed E-state index contributed by atoms with van der Waals surface area (Å²) in [6.45, 7) is 11.0. The molecule has 5 rings (SSSR count). The number of aryl methyl sites for hydroxylation is 2. The van der Waals surface area contributed by atoms with Crippen LogP contribution in [0.25, 0.3) is 38.2 Å². The molecule has 218 valence electrons. The zero-order chi connectivity index (χ0) is 31.4. The Kier molecular flexibility index (Phi) is 7.17. The molecule has 1 aliphatic rings. The Hall–Kier alpha value is -4.90. The van der Waals surface area contributed by atoms with Crippen molar-refractivity contribution in [3.63, 3.8) is 0 Å². The van der Waals surface area contributed by atoms with Gasteiger partial charge >= 0.3 is 18.6 Å². The highest BCUT2D eigenvalue weighted by molar-refractivity contribution is 5.89. The van der Waals surface area contributed by atoms with E-state index in [-0.39, 0.29) is 17.2 Å². The Morgan fingerprint density at radius 3 is 1.91 bits per heavy atom. The summed E-state index contributed by atoms with van der Waals surface area (Å²) in [5.41, 5.74) is 0.923. The van der Waals surface area contributed by atoms with Gasteiger partial charge in [-0.05, 0) is 112 Å². The third kappa shape index (κ3) is 5.63. The van der Waals surface area contributed by atoms with E-state index in [2.05, 4.69) is 9.58 Å². The lowest BCUT2D eigenvalue weighted by Gasteiger charge is -2.18. The van der Waals surface area contributed by atoms with Gasteiger partial charge in [0.2, 0.25) is 0 Å². The number of hydrogen-bond donors (Lipinski definition) is 0. The van der Waals surface area contributed by atoms with Crippen LogP contribution in [0.15, 0.2) is 60.7 Å². The number of ether oxygens (including phenoxy) is 1. The number of nitrogens with zero attached hydrogens (tertiary/aromatic N) is 2. The maximum atomic E-state index is 14.4. The van der Waals surface area contributed by atoms with Crippen molar-refractivity contribution < 1.29 is 39.9 Å². The molecule has 0 amide bonds. The highest BCUT2D eigenvalue weighted by atomic mass is 19.4. The molecular formula is C32H18F8N2O. The Bertz CT molecular complexity index is 1830. The number of benzene rings is 4. The molecule has 4 aromatic carbocycles. The minimum atomic E-state index is -5.28. The van der Waals surface area contributed by atoms with E-state index < -0.39 is 58.6 Å². The number of nitriles is 1. The second kappa shape index (κ2) is 10.4. The summed E-state index contributed by atoms with van der Waals surface area (Å²) in [4.78, 5) is 3.36. The van der Waals surface area contributed by atoms with E-state index in [4.69, 9.17) is 6.57 Å². The van der Waals surface area contributed by atoms with Crippen LogP contribution < -0.4 is 4.74 Å². The summed E-state index contributed by atoms with van der Waals surface area (Å²) in [6, 6.07) is 11.6. The molecule has 0 saturated carbocycles. The molecule has 2 unspecified atom stereocenters. The molecule has 11 heteroatoms. The summed E-state index contributed by atoms with van der Waals surface area (Å²) in [7, 11) is 0. The molecule has 0 N–H and O–H groups in total. The molecule has 0 radical (unpaired) electrons. The first kappa shape index (κ1) is 29.6. The highest BCUT2D eigenvalue weighted by Gasteiger charge is 2.42. The average Bonchev–Trinajstić information content (AvgIpc) is 3.18. The van der Waals surface area contributed by atoms with Gasteiger partial charge in [0.25, 0.3) is 0 Å². The Morgan fingerprint density at radius 1 is 0.767 bits per heavy atom. The van der Waals surface area contributed by atoms with Crippen molar-refractivity contribution in [2.75, 3.05) is 0 Å². The number of rotatable bonds is 4. The summed E-state index contributed by atoms with van der Waals surface area (Å²) in [5.74, 6) is -3.81. The van der Waals surface area contributed by atoms with Gasteiger partial charge in [-0.15, -0.1) is 13.2 Å². The monoisotopic (exact) mass is 598 g/mol. The van der Waals surface area contributed by atoms with Crippen LogP contribution in [0.1, 0.15) is 33.7 Å². The van der Waals surface area contributed by atoms with Crippen molar-refractivity contribution >= 4 is 0 Å². The molecular weight excluding hydrogens is 580 g/mol. The van der Waals surface area contributed by atoms with E-state index >= 15 is 0 Å². The Morgan fingerprint density at radius 2 is 1.35 bits per heavy atom. The van der Waals surface area contributed by atoms with Gasteiger partial charge in [-0.2, -0.15) is 18.4 Å². The van der Waals surface area contributed by atoms with Crippen LogP contribution in [0, 0.1) is 43.4 Å². The van der Waals surface area contributed by atoms with Crippen molar-refractivity contribution in [1.29, 1.82) is 5.26 Å². The zero-order valence-electron chi connectivity index (χ0n) is 22.3. The SMILES string of the molecule is [C-]#[N+]C(C#N)C1c2cc(C)c(-c3cc(C)cc(F)c3)cc2-c2cc(-c3cc(F)cc(C(F)(F)F)c3)c(OC(F)(F)F)cc21. The van der Waals surface area contributed by atoms with Gasteiger partial charge in [-0.3, -0.25) is 4.85 Å². The van der Waals surface area contributed by atoms with Crippen molar-refractivity contribution in [3.8, 4) is 45.2 Å². The molecule has 0 bridgehead atoms. The van der Waals surface area contributed by atoms with E-state index in [1.54, 1.807) is 32.0 Å². The average molecular weight is 598 g/mol. The molecule has 0 spiro atoms. The van der Waals surface area contributed by atoms with Crippen LogP contribution in [0.4, 0.5) is 35.1 Å². The fraction of sp³-hybridized carbons (Fsp3) is 0.188. The summed E-state index contributed by atoms with van der Waals surface area (Å²) in [5, 5.41) is 9.76. The number of fused-ring (bicyclic) bond motifs is 3. The van der Waals surface area contributed by atoms with Crippen LogP contribution in [-0.4, -0.2) is 12.4 Å². The minimum Gasteiger partial charge on any atom is -0.405 e. The van der Waals surface area contributed by atoms with E-state index in [9.17, 15) is 40.4 Å². The largest absolute Gasteiger partial charge is 0.573 e. The first-order chi connectivity index (χ1) is 20.1. The normalized spacial score (nSPS) is 14.8. The standard InChI is InChI=1S/C32H18F8N2O/c1-15-4-17(8-20(33)5-15)22-11-24-25-12-23(18-7-19(31(35,36)37)10-21(34)9-18)29(43-32(38,39)40)13-27(25)30(28(14-41)42-3)26(24)6-16(22)2/h4-13,28,30H,1-2H3. The van der Waals surface area contributed by atoms with Gasteiger partial charge in [0.15, 0.2) is 6.07 Å². The lowest BCUT2D eigenvalue weighted by atomic mass is 9.87. The molecule has 3 nitrogen and oxygen atoms in total. The highest BCUT2D eigenvalue weighted by Crippen LogP contribution is 2.53. The molecule has 4 aromatic rings. The molecule has 43 heavy (non-hydrogen) atoms. The summed E-state index contributed by atoms with van der Waals surface area (Å²) < 4.78 is 114. The molecule has 1 aliphatic carbocycles. The van der Waals surface area contributed by atoms with Gasteiger partial charge in [0.1, 0.15) is 23.3 Å². The molecule has 0 heterocycles. The molecule has 0 fully saturated rings.